The van der Waals surface area contributed by atoms with Gasteiger partial charge in [-0.1, -0.05) is 23.7 Å². The van der Waals surface area contributed by atoms with E-state index in [9.17, 15) is 21.6 Å². The standard InChI is InChI=1S/C14H11ClF3NO3S/c1-22-12-7-6-9(8-11(12)15)19-23(20,21)13-5-3-2-4-10(13)14(16,17)18/h2-8,19H,1H3. The van der Waals surface area contributed by atoms with Crippen molar-refractivity contribution in [2.45, 2.75) is 11.1 Å². The quantitative estimate of drug-likeness (QED) is 0.884. The Morgan fingerprint density at radius 2 is 1.78 bits per heavy atom. The molecule has 0 bridgehead atoms. The predicted octanol–water partition coefficient (Wildman–Crippen LogP) is 4.17. The molecular formula is C14H11ClF3NO3S. The molecule has 1 N–H and O–H groups in total. The zero-order valence-electron chi connectivity index (χ0n) is 11.7. The lowest BCUT2D eigenvalue weighted by Crippen LogP contribution is -2.18. The molecule has 0 radical (unpaired) electrons. The highest BCUT2D eigenvalue weighted by Crippen LogP contribution is 2.35. The molecule has 0 aliphatic rings. The molecule has 0 spiro atoms. The van der Waals surface area contributed by atoms with E-state index >= 15 is 0 Å². The van der Waals surface area contributed by atoms with Crippen LogP contribution in [0.2, 0.25) is 5.02 Å². The maximum Gasteiger partial charge on any atom is 0.417 e. The van der Waals surface area contributed by atoms with Crippen molar-refractivity contribution < 1.29 is 26.3 Å². The first-order valence-electron chi connectivity index (χ1n) is 6.18. The first-order chi connectivity index (χ1) is 10.6. The van der Waals surface area contributed by atoms with Gasteiger partial charge in [-0.25, -0.2) is 8.42 Å². The van der Waals surface area contributed by atoms with Crippen molar-refractivity contribution in [1.82, 2.24) is 0 Å². The van der Waals surface area contributed by atoms with Crippen molar-refractivity contribution in [2.24, 2.45) is 0 Å². The van der Waals surface area contributed by atoms with Gasteiger partial charge in [0.25, 0.3) is 10.0 Å². The van der Waals surface area contributed by atoms with Crippen LogP contribution in [-0.2, 0) is 16.2 Å². The van der Waals surface area contributed by atoms with Gasteiger partial charge >= 0.3 is 6.18 Å². The van der Waals surface area contributed by atoms with Crippen molar-refractivity contribution in [3.05, 3.63) is 53.1 Å². The predicted molar refractivity (Wildman–Crippen MR) is 80.3 cm³/mol. The van der Waals surface area contributed by atoms with E-state index in [-0.39, 0.29) is 10.7 Å². The highest BCUT2D eigenvalue weighted by molar-refractivity contribution is 7.92. The average molecular weight is 366 g/mol. The minimum absolute atomic E-state index is 0.0211. The Bertz CT molecular complexity index is 822. The lowest BCUT2D eigenvalue weighted by molar-refractivity contribution is -0.139. The van der Waals surface area contributed by atoms with Crippen LogP contribution in [0.15, 0.2) is 47.4 Å². The summed E-state index contributed by atoms with van der Waals surface area (Å²) in [6.07, 6.45) is -4.79. The van der Waals surface area contributed by atoms with Crippen LogP contribution in [0, 0.1) is 0 Å². The summed E-state index contributed by atoms with van der Waals surface area (Å²) in [6.45, 7) is 0. The number of nitrogens with one attached hydrogen (secondary N) is 1. The second kappa shape index (κ2) is 6.29. The van der Waals surface area contributed by atoms with Gasteiger partial charge in [-0.05, 0) is 30.3 Å². The molecule has 2 rings (SSSR count). The molecule has 0 aliphatic heterocycles. The summed E-state index contributed by atoms with van der Waals surface area (Å²) in [7, 11) is -3.05. The SMILES string of the molecule is COc1ccc(NS(=O)(=O)c2ccccc2C(F)(F)F)cc1Cl. The van der Waals surface area contributed by atoms with Crippen LogP contribution >= 0.6 is 11.6 Å². The third-order valence-electron chi connectivity index (χ3n) is 2.89. The average Bonchev–Trinajstić information content (AvgIpc) is 2.46. The van der Waals surface area contributed by atoms with E-state index in [0.29, 0.717) is 11.8 Å². The second-order valence-corrected chi connectivity index (χ2v) is 6.51. The molecule has 0 fully saturated rings. The minimum atomic E-state index is -4.79. The smallest absolute Gasteiger partial charge is 0.417 e. The molecule has 0 aromatic heterocycles. The van der Waals surface area contributed by atoms with Crippen LogP contribution in [0.5, 0.6) is 5.75 Å². The van der Waals surface area contributed by atoms with Gasteiger partial charge in [0.1, 0.15) is 5.75 Å². The summed E-state index contributed by atoms with van der Waals surface area (Å²) in [5, 5.41) is 0.122. The molecule has 9 heteroatoms. The number of anilines is 1. The van der Waals surface area contributed by atoms with Crippen LogP contribution in [0.25, 0.3) is 0 Å². The summed E-state index contributed by atoms with van der Waals surface area (Å²) in [6, 6.07) is 7.89. The third-order valence-corrected chi connectivity index (χ3v) is 4.62. The molecule has 0 unspecified atom stereocenters. The van der Waals surface area contributed by atoms with E-state index in [1.54, 1.807) is 0 Å². The maximum atomic E-state index is 13.0. The summed E-state index contributed by atoms with van der Waals surface area (Å²) in [4.78, 5) is -0.862. The molecule has 0 atom stereocenters. The molecule has 4 nitrogen and oxygen atoms in total. The van der Waals surface area contributed by atoms with Gasteiger partial charge in [-0.2, -0.15) is 13.2 Å². The lowest BCUT2D eigenvalue weighted by atomic mass is 10.2. The van der Waals surface area contributed by atoms with E-state index in [4.69, 9.17) is 16.3 Å². The van der Waals surface area contributed by atoms with Gasteiger partial charge in [0.2, 0.25) is 0 Å². The third kappa shape index (κ3) is 3.89. The van der Waals surface area contributed by atoms with Crippen molar-refractivity contribution >= 4 is 27.3 Å². The van der Waals surface area contributed by atoms with Crippen molar-refractivity contribution in [1.29, 1.82) is 0 Å². The van der Waals surface area contributed by atoms with Gasteiger partial charge in [0.05, 0.1) is 28.3 Å². The Labute approximate surface area is 135 Å². The lowest BCUT2D eigenvalue weighted by Gasteiger charge is -2.14. The number of methoxy groups -OCH3 is 1. The Balaban J connectivity index is 2.43. The highest BCUT2D eigenvalue weighted by Gasteiger charge is 2.36. The van der Waals surface area contributed by atoms with E-state index in [1.807, 2.05) is 0 Å². The highest BCUT2D eigenvalue weighted by atomic mass is 35.5. The van der Waals surface area contributed by atoms with Gasteiger partial charge in [0, 0.05) is 0 Å². The van der Waals surface area contributed by atoms with E-state index in [0.717, 1.165) is 12.1 Å². The monoisotopic (exact) mass is 365 g/mol. The van der Waals surface area contributed by atoms with Gasteiger partial charge in [-0.3, -0.25) is 4.72 Å². The number of ether oxygens (including phenoxy) is 1. The fourth-order valence-electron chi connectivity index (χ4n) is 1.88. The number of hydrogen-bond donors (Lipinski definition) is 1. The molecule has 0 aliphatic carbocycles. The van der Waals surface area contributed by atoms with Gasteiger partial charge in [-0.15, -0.1) is 0 Å². The number of alkyl halides is 3. The molecule has 23 heavy (non-hydrogen) atoms. The maximum absolute atomic E-state index is 13.0. The molecule has 2 aromatic carbocycles. The summed E-state index contributed by atoms with van der Waals surface area (Å²) in [5.74, 6) is 0.310. The number of rotatable bonds is 4. The summed E-state index contributed by atoms with van der Waals surface area (Å²) >= 11 is 5.87. The van der Waals surface area contributed by atoms with Crippen LogP contribution in [0.3, 0.4) is 0 Å². The largest absolute Gasteiger partial charge is 0.495 e. The molecule has 0 saturated heterocycles. The van der Waals surface area contributed by atoms with Crippen molar-refractivity contribution in [3.63, 3.8) is 0 Å². The summed E-state index contributed by atoms with van der Waals surface area (Å²) < 4.78 is 70.3. The van der Waals surface area contributed by atoms with Gasteiger partial charge < -0.3 is 4.74 Å². The van der Waals surface area contributed by atoms with E-state index in [1.165, 1.54) is 31.4 Å². The number of halogens is 4. The Morgan fingerprint density at radius 1 is 1.13 bits per heavy atom. The molecule has 0 heterocycles. The number of hydrogen-bond acceptors (Lipinski definition) is 3. The molecular weight excluding hydrogens is 355 g/mol. The minimum Gasteiger partial charge on any atom is -0.495 e. The van der Waals surface area contributed by atoms with Crippen molar-refractivity contribution in [2.75, 3.05) is 11.8 Å². The Hall–Kier alpha value is -1.93. The molecule has 2 aromatic rings. The molecule has 0 amide bonds. The zero-order chi connectivity index (χ0) is 17.3. The summed E-state index contributed by atoms with van der Waals surface area (Å²) in [5.41, 5.74) is -1.22. The van der Waals surface area contributed by atoms with E-state index < -0.39 is 26.7 Å². The van der Waals surface area contributed by atoms with Crippen LogP contribution in [-0.4, -0.2) is 15.5 Å². The van der Waals surface area contributed by atoms with Crippen LogP contribution in [0.4, 0.5) is 18.9 Å². The normalized spacial score (nSPS) is 12.0. The zero-order valence-corrected chi connectivity index (χ0v) is 13.3. The number of sulfonamides is 1. The Morgan fingerprint density at radius 3 is 2.35 bits per heavy atom. The van der Waals surface area contributed by atoms with E-state index in [2.05, 4.69) is 4.72 Å². The van der Waals surface area contributed by atoms with Gasteiger partial charge in [0.15, 0.2) is 0 Å². The number of benzene rings is 2. The fourth-order valence-corrected chi connectivity index (χ4v) is 3.41. The van der Waals surface area contributed by atoms with Crippen LogP contribution in [0.1, 0.15) is 5.56 Å². The first kappa shape index (κ1) is 17.4. The van der Waals surface area contributed by atoms with Crippen LogP contribution < -0.4 is 9.46 Å². The molecule has 0 saturated carbocycles. The second-order valence-electron chi connectivity index (χ2n) is 4.45. The van der Waals surface area contributed by atoms with Crippen molar-refractivity contribution in [3.8, 4) is 5.75 Å². The Kier molecular flexibility index (Phi) is 4.76. The fraction of sp³-hybridized carbons (Fsp3) is 0.143. The molecule has 124 valence electrons. The first-order valence-corrected chi connectivity index (χ1v) is 8.04. The topological polar surface area (TPSA) is 55.4 Å².